The van der Waals surface area contributed by atoms with E-state index in [1.54, 1.807) is 13.0 Å². The van der Waals surface area contributed by atoms with Crippen molar-refractivity contribution in [1.29, 1.82) is 0 Å². The van der Waals surface area contributed by atoms with E-state index in [1.165, 1.54) is 30.5 Å². The van der Waals surface area contributed by atoms with Crippen molar-refractivity contribution < 1.29 is 30.7 Å². The lowest BCUT2D eigenvalue weighted by Crippen LogP contribution is -2.39. The molecular weight excluding hydrogens is 430 g/mol. The van der Waals surface area contributed by atoms with E-state index in [9.17, 15) is 26.0 Å². The molecule has 0 amide bonds. The van der Waals surface area contributed by atoms with Gasteiger partial charge in [-0.3, -0.25) is 8.42 Å². The molecule has 0 bridgehead atoms. The summed E-state index contributed by atoms with van der Waals surface area (Å²) in [7, 11) is -3.30. The molecule has 0 spiro atoms. The van der Waals surface area contributed by atoms with Gasteiger partial charge in [-0.1, -0.05) is 12.1 Å². The minimum Gasteiger partial charge on any atom is -0.373 e. The van der Waals surface area contributed by atoms with Crippen LogP contribution < -0.4 is 0 Å². The molecular formula is C19H19F4NO3S2. The van der Waals surface area contributed by atoms with E-state index in [2.05, 4.69) is 4.98 Å². The predicted molar refractivity (Wildman–Crippen MR) is 101 cm³/mol. The Bertz CT molecular complexity index is 967. The SMILES string of the molecule is CS(=O)c1ccc(C2CC(C)(S(=O)c3cccc(C(F)(F)F)n3)CCO2)cc1F. The number of hydrogen-bond donors (Lipinski definition) is 0. The maximum absolute atomic E-state index is 14.2. The number of rotatable bonds is 4. The summed E-state index contributed by atoms with van der Waals surface area (Å²) < 4.78 is 82.4. The Morgan fingerprint density at radius 1 is 1.21 bits per heavy atom. The molecule has 29 heavy (non-hydrogen) atoms. The average molecular weight is 449 g/mol. The van der Waals surface area contributed by atoms with E-state index in [0.29, 0.717) is 12.0 Å². The Balaban J connectivity index is 1.86. The highest BCUT2D eigenvalue weighted by molar-refractivity contribution is 7.86. The second kappa shape index (κ2) is 8.23. The first-order chi connectivity index (χ1) is 13.5. The van der Waals surface area contributed by atoms with E-state index in [0.717, 1.165) is 6.07 Å². The molecule has 1 aromatic heterocycles. The minimum atomic E-state index is -4.63. The molecule has 4 atom stereocenters. The fraction of sp³-hybridized carbons (Fsp3) is 0.421. The number of pyridine rings is 1. The molecule has 1 aromatic carbocycles. The smallest absolute Gasteiger partial charge is 0.373 e. The van der Waals surface area contributed by atoms with E-state index in [-0.39, 0.29) is 22.9 Å². The molecule has 4 nitrogen and oxygen atoms in total. The third-order valence-electron chi connectivity index (χ3n) is 4.86. The summed E-state index contributed by atoms with van der Waals surface area (Å²) >= 11 is 0. The second-order valence-electron chi connectivity index (χ2n) is 7.03. The lowest BCUT2D eigenvalue weighted by atomic mass is 9.92. The molecule has 158 valence electrons. The molecule has 0 saturated carbocycles. The molecule has 4 unspecified atom stereocenters. The van der Waals surface area contributed by atoms with Crippen LogP contribution in [0.2, 0.25) is 0 Å². The van der Waals surface area contributed by atoms with Crippen LogP contribution in [0.15, 0.2) is 46.3 Å². The van der Waals surface area contributed by atoms with Crippen molar-refractivity contribution in [1.82, 2.24) is 4.98 Å². The zero-order valence-corrected chi connectivity index (χ0v) is 17.3. The topological polar surface area (TPSA) is 56.3 Å². The average Bonchev–Trinajstić information content (AvgIpc) is 2.66. The van der Waals surface area contributed by atoms with E-state index < -0.39 is 50.1 Å². The summed E-state index contributed by atoms with van der Waals surface area (Å²) in [5.74, 6) is -0.625. The van der Waals surface area contributed by atoms with Crippen LogP contribution in [0.5, 0.6) is 0 Å². The lowest BCUT2D eigenvalue weighted by molar-refractivity contribution is -0.141. The van der Waals surface area contributed by atoms with Gasteiger partial charge in [-0.05, 0) is 49.6 Å². The van der Waals surface area contributed by atoms with Crippen LogP contribution in [0.25, 0.3) is 0 Å². The van der Waals surface area contributed by atoms with Gasteiger partial charge < -0.3 is 4.74 Å². The molecule has 0 radical (unpaired) electrons. The molecule has 1 aliphatic rings. The van der Waals surface area contributed by atoms with Crippen LogP contribution in [0.3, 0.4) is 0 Å². The number of hydrogen-bond acceptors (Lipinski definition) is 4. The summed E-state index contributed by atoms with van der Waals surface area (Å²) in [5, 5.41) is -0.147. The standard InChI is InChI=1S/C19H19F4NO3S2/c1-18(29(26)17-5-3-4-16(24-17)19(21,22)23)8-9-27-14(11-18)12-6-7-15(28(2)25)13(20)10-12/h3-7,10,14H,8-9,11H2,1-2H3. The molecule has 1 fully saturated rings. The van der Waals surface area contributed by atoms with Crippen molar-refractivity contribution >= 4 is 21.6 Å². The van der Waals surface area contributed by atoms with Crippen LogP contribution in [0.1, 0.15) is 37.1 Å². The summed E-state index contributed by atoms with van der Waals surface area (Å²) in [6, 6.07) is 7.58. The van der Waals surface area contributed by atoms with Gasteiger partial charge in [-0.15, -0.1) is 0 Å². The van der Waals surface area contributed by atoms with E-state index >= 15 is 0 Å². The van der Waals surface area contributed by atoms with Gasteiger partial charge in [0.15, 0.2) is 0 Å². The van der Waals surface area contributed by atoms with Crippen molar-refractivity contribution in [3.8, 4) is 0 Å². The Labute approximate surface area is 170 Å². The molecule has 10 heteroatoms. The zero-order valence-electron chi connectivity index (χ0n) is 15.7. The van der Waals surface area contributed by atoms with Crippen molar-refractivity contribution in [3.63, 3.8) is 0 Å². The first-order valence-electron chi connectivity index (χ1n) is 8.72. The Kier molecular flexibility index (Phi) is 6.26. The highest BCUT2D eigenvalue weighted by Crippen LogP contribution is 2.40. The molecule has 0 N–H and O–H groups in total. The van der Waals surface area contributed by atoms with Crippen LogP contribution in [-0.4, -0.2) is 31.0 Å². The molecule has 3 rings (SSSR count). The Morgan fingerprint density at radius 2 is 1.93 bits per heavy atom. The van der Waals surface area contributed by atoms with Gasteiger partial charge >= 0.3 is 6.18 Å². The van der Waals surface area contributed by atoms with Gasteiger partial charge in [0.25, 0.3) is 0 Å². The number of alkyl halides is 3. The zero-order chi connectivity index (χ0) is 21.4. The number of halogens is 4. The maximum atomic E-state index is 14.2. The summed E-state index contributed by atoms with van der Waals surface area (Å²) in [6.07, 6.45) is -3.27. The second-order valence-corrected chi connectivity index (χ2v) is 10.3. The fourth-order valence-electron chi connectivity index (χ4n) is 3.23. The quantitative estimate of drug-likeness (QED) is 0.650. The first kappa shape index (κ1) is 22.0. The van der Waals surface area contributed by atoms with Gasteiger partial charge in [-0.25, -0.2) is 9.37 Å². The Hall–Kier alpha value is -1.65. The van der Waals surface area contributed by atoms with E-state index in [4.69, 9.17) is 4.74 Å². The Morgan fingerprint density at radius 3 is 2.55 bits per heavy atom. The van der Waals surface area contributed by atoms with Gasteiger partial charge in [0, 0.05) is 12.9 Å². The third-order valence-corrected chi connectivity index (χ3v) is 7.68. The summed E-state index contributed by atoms with van der Waals surface area (Å²) in [5.41, 5.74) is -0.600. The minimum absolute atomic E-state index is 0.0732. The fourth-order valence-corrected chi connectivity index (χ4v) is 5.28. The van der Waals surface area contributed by atoms with Crippen molar-refractivity contribution in [3.05, 3.63) is 53.5 Å². The molecule has 2 aromatic rings. The van der Waals surface area contributed by atoms with Gasteiger partial charge in [0.2, 0.25) is 0 Å². The van der Waals surface area contributed by atoms with Crippen LogP contribution in [0.4, 0.5) is 17.6 Å². The highest BCUT2D eigenvalue weighted by atomic mass is 32.2. The summed E-state index contributed by atoms with van der Waals surface area (Å²) in [4.78, 5) is 3.62. The molecule has 2 heterocycles. The van der Waals surface area contributed by atoms with Crippen molar-refractivity contribution in [2.75, 3.05) is 12.9 Å². The van der Waals surface area contributed by atoms with Crippen molar-refractivity contribution in [2.24, 2.45) is 0 Å². The molecule has 1 saturated heterocycles. The number of benzene rings is 1. The van der Waals surface area contributed by atoms with Gasteiger partial charge in [0.05, 0.1) is 37.3 Å². The normalized spacial score (nSPS) is 24.8. The number of nitrogens with zero attached hydrogens (tertiary/aromatic N) is 1. The van der Waals surface area contributed by atoms with Gasteiger partial charge in [0.1, 0.15) is 16.5 Å². The van der Waals surface area contributed by atoms with Crippen LogP contribution in [0, 0.1) is 5.82 Å². The lowest BCUT2D eigenvalue weighted by Gasteiger charge is -2.37. The van der Waals surface area contributed by atoms with Crippen LogP contribution >= 0.6 is 0 Å². The summed E-state index contributed by atoms with van der Waals surface area (Å²) in [6.45, 7) is 1.92. The monoisotopic (exact) mass is 449 g/mol. The molecule has 1 aliphatic heterocycles. The third kappa shape index (κ3) is 4.75. The van der Waals surface area contributed by atoms with Crippen LogP contribution in [-0.2, 0) is 32.5 Å². The maximum Gasteiger partial charge on any atom is 0.433 e. The number of ether oxygens (including phenoxy) is 1. The predicted octanol–water partition coefficient (Wildman–Crippen LogP) is 4.39. The largest absolute Gasteiger partial charge is 0.433 e. The highest BCUT2D eigenvalue weighted by Gasteiger charge is 2.41. The van der Waals surface area contributed by atoms with Gasteiger partial charge in [-0.2, -0.15) is 13.2 Å². The van der Waals surface area contributed by atoms with Crippen molar-refractivity contribution in [2.45, 2.75) is 46.7 Å². The molecule has 0 aliphatic carbocycles. The van der Waals surface area contributed by atoms with E-state index in [1.807, 2.05) is 0 Å². The first-order valence-corrected chi connectivity index (χ1v) is 11.4. The number of aromatic nitrogens is 1.